The third kappa shape index (κ3) is 5.74. The lowest BCUT2D eigenvalue weighted by atomic mass is 10.0. The average Bonchev–Trinajstić information content (AvgIpc) is 3.75. The summed E-state index contributed by atoms with van der Waals surface area (Å²) in [6.45, 7) is 4.05. The van der Waals surface area contributed by atoms with E-state index in [-0.39, 0.29) is 17.0 Å². The van der Waals surface area contributed by atoms with Crippen molar-refractivity contribution in [1.82, 2.24) is 29.9 Å². The van der Waals surface area contributed by atoms with E-state index < -0.39 is 23.1 Å². The molecule has 0 spiro atoms. The quantitative estimate of drug-likeness (QED) is 0.267. The lowest BCUT2D eigenvalue weighted by Gasteiger charge is -2.36. The summed E-state index contributed by atoms with van der Waals surface area (Å²) < 4.78 is 35.7. The number of pyridine rings is 1. The summed E-state index contributed by atoms with van der Waals surface area (Å²) in [6, 6.07) is 12.6. The first-order valence-corrected chi connectivity index (χ1v) is 14.9. The van der Waals surface area contributed by atoms with E-state index in [1.165, 1.54) is 74.6 Å². The number of amides is 1. The van der Waals surface area contributed by atoms with Crippen molar-refractivity contribution in [2.75, 3.05) is 36.4 Å². The Balaban J connectivity index is 1.07. The van der Waals surface area contributed by atoms with Crippen molar-refractivity contribution in [2.24, 2.45) is 0 Å². The van der Waals surface area contributed by atoms with Crippen LogP contribution in [0.25, 0.3) is 16.7 Å². The lowest BCUT2D eigenvalue weighted by Crippen LogP contribution is -2.44. The number of anilines is 2. The van der Waals surface area contributed by atoms with Crippen molar-refractivity contribution in [2.45, 2.75) is 31.7 Å². The second-order valence-electron chi connectivity index (χ2n) is 11.2. The van der Waals surface area contributed by atoms with Crippen molar-refractivity contribution in [3.8, 4) is 17.2 Å². The monoisotopic (exact) mass is 612 g/mol. The number of fused-ring (bicyclic) bond motifs is 1. The number of nitrogens with one attached hydrogen (secondary N) is 2. The number of rotatable bonds is 7. The first-order chi connectivity index (χ1) is 21.9. The Morgan fingerprint density at radius 1 is 0.933 bits per heavy atom. The number of nitrogens with zero attached hydrogens (tertiary/aromatic N) is 6. The second-order valence-corrected chi connectivity index (χ2v) is 11.2. The Hall–Kier alpha value is -5.17. The number of hydrogen-bond donors (Lipinski definition) is 2. The standard InChI is InChI=1S/C32H30F2N8O3/c33-20-3-6-23(7-4-20)42-32(44)24(9-14-36-42)31(43)37-21-5-8-26(25(34)19-21)45-27-10-13-35-29-28(27)30(39-38-29)41-17-11-22(12-18-41)40-15-1-2-16-40/h3-10,13-14,19,22H,1-2,11-12,15-18H2,(H,37,43)(H,35,38,39). The van der Waals surface area contributed by atoms with E-state index >= 15 is 4.39 Å². The van der Waals surface area contributed by atoms with Crippen LogP contribution in [0.15, 0.2) is 71.8 Å². The van der Waals surface area contributed by atoms with Crippen LogP contribution < -0.4 is 20.5 Å². The molecule has 0 unspecified atom stereocenters. The third-order valence-electron chi connectivity index (χ3n) is 8.40. The maximum absolute atomic E-state index is 15.3. The molecule has 7 rings (SSSR count). The number of aromatic amines is 1. The molecule has 0 bridgehead atoms. The molecule has 230 valence electrons. The summed E-state index contributed by atoms with van der Waals surface area (Å²) >= 11 is 0. The summed E-state index contributed by atoms with van der Waals surface area (Å²) in [4.78, 5) is 35.1. The number of halogens is 2. The lowest BCUT2D eigenvalue weighted by molar-refractivity contribution is 0.102. The van der Waals surface area contributed by atoms with Gasteiger partial charge >= 0.3 is 0 Å². The smallest absolute Gasteiger partial charge is 0.284 e. The number of piperidine rings is 1. The first-order valence-electron chi connectivity index (χ1n) is 14.9. The molecule has 11 nitrogen and oxygen atoms in total. The Bertz CT molecular complexity index is 1910. The topological polar surface area (TPSA) is 121 Å². The molecular formula is C32H30F2N8O3. The van der Waals surface area contributed by atoms with E-state index in [2.05, 4.69) is 35.4 Å². The molecule has 2 aliphatic rings. The molecule has 2 aliphatic heterocycles. The molecule has 1 amide bonds. The van der Waals surface area contributed by atoms with E-state index in [0.717, 1.165) is 42.5 Å². The highest BCUT2D eigenvalue weighted by Crippen LogP contribution is 2.37. The highest BCUT2D eigenvalue weighted by atomic mass is 19.1. The van der Waals surface area contributed by atoms with Gasteiger partial charge in [-0.05, 0) is 81.2 Å². The van der Waals surface area contributed by atoms with Crippen LogP contribution in [0.2, 0.25) is 0 Å². The van der Waals surface area contributed by atoms with Gasteiger partial charge in [0.1, 0.15) is 22.5 Å². The molecule has 2 N–H and O–H groups in total. The van der Waals surface area contributed by atoms with E-state index in [1.54, 1.807) is 12.3 Å². The molecule has 0 radical (unpaired) electrons. The van der Waals surface area contributed by atoms with Gasteiger partial charge < -0.3 is 19.9 Å². The highest BCUT2D eigenvalue weighted by Gasteiger charge is 2.29. The maximum atomic E-state index is 15.3. The van der Waals surface area contributed by atoms with Crippen LogP contribution in [0.3, 0.4) is 0 Å². The zero-order valence-electron chi connectivity index (χ0n) is 24.2. The van der Waals surface area contributed by atoms with Gasteiger partial charge in [0.25, 0.3) is 11.5 Å². The van der Waals surface area contributed by atoms with Crippen molar-refractivity contribution in [1.29, 1.82) is 0 Å². The number of benzene rings is 2. The molecule has 0 aliphatic carbocycles. The average molecular weight is 613 g/mol. The number of H-pyrrole nitrogens is 1. The number of likely N-dealkylation sites (tertiary alicyclic amines) is 1. The summed E-state index contributed by atoms with van der Waals surface area (Å²) in [6.07, 6.45) is 7.49. The zero-order chi connectivity index (χ0) is 30.9. The molecule has 3 aromatic heterocycles. The Morgan fingerprint density at radius 3 is 2.47 bits per heavy atom. The van der Waals surface area contributed by atoms with Crippen LogP contribution in [0.1, 0.15) is 36.0 Å². The van der Waals surface area contributed by atoms with E-state index in [0.29, 0.717) is 28.5 Å². The van der Waals surface area contributed by atoms with Crippen LogP contribution in [0.4, 0.5) is 20.3 Å². The second kappa shape index (κ2) is 12.1. The maximum Gasteiger partial charge on any atom is 0.284 e. The van der Waals surface area contributed by atoms with E-state index in [9.17, 15) is 14.0 Å². The minimum atomic E-state index is -0.751. The summed E-state index contributed by atoms with van der Waals surface area (Å²) in [5, 5.41) is 14.7. The third-order valence-corrected chi connectivity index (χ3v) is 8.40. The summed E-state index contributed by atoms with van der Waals surface area (Å²) in [5.41, 5.74) is 0.0310. The summed E-state index contributed by atoms with van der Waals surface area (Å²) in [7, 11) is 0. The Labute approximate surface area is 256 Å². The molecule has 5 aromatic rings. The van der Waals surface area contributed by atoms with Crippen molar-refractivity contribution < 1.29 is 18.3 Å². The fourth-order valence-electron chi connectivity index (χ4n) is 6.10. The van der Waals surface area contributed by atoms with Gasteiger partial charge in [-0.3, -0.25) is 14.7 Å². The number of ether oxygens (including phenoxy) is 1. The molecular weight excluding hydrogens is 582 g/mol. The first kappa shape index (κ1) is 28.6. The molecule has 13 heteroatoms. The van der Waals surface area contributed by atoms with Gasteiger partial charge in [-0.25, -0.2) is 13.8 Å². The van der Waals surface area contributed by atoms with Crippen LogP contribution in [-0.2, 0) is 0 Å². The van der Waals surface area contributed by atoms with Gasteiger partial charge in [0.2, 0.25) is 0 Å². The zero-order valence-corrected chi connectivity index (χ0v) is 24.2. The fourth-order valence-corrected chi connectivity index (χ4v) is 6.10. The van der Waals surface area contributed by atoms with Crippen LogP contribution in [0, 0.1) is 11.6 Å². The van der Waals surface area contributed by atoms with Gasteiger partial charge in [0.05, 0.1) is 5.69 Å². The molecule has 0 atom stereocenters. The Kier molecular flexibility index (Phi) is 7.67. The van der Waals surface area contributed by atoms with Gasteiger partial charge in [0.15, 0.2) is 23.0 Å². The predicted molar refractivity (Wildman–Crippen MR) is 164 cm³/mol. The summed E-state index contributed by atoms with van der Waals surface area (Å²) in [5.74, 6) is -0.865. The Morgan fingerprint density at radius 2 is 1.71 bits per heavy atom. The molecule has 2 fully saturated rings. The van der Waals surface area contributed by atoms with Gasteiger partial charge in [-0.15, -0.1) is 0 Å². The number of carbonyl (C=O) groups excluding carboxylic acids is 1. The number of aromatic nitrogens is 5. The highest BCUT2D eigenvalue weighted by molar-refractivity contribution is 6.04. The fraction of sp³-hybridized carbons (Fsp3) is 0.281. The van der Waals surface area contributed by atoms with Crippen LogP contribution in [-0.4, -0.2) is 68.0 Å². The van der Waals surface area contributed by atoms with E-state index in [1.807, 2.05) is 0 Å². The molecule has 0 saturated carbocycles. The molecule has 45 heavy (non-hydrogen) atoms. The van der Waals surface area contributed by atoms with Crippen molar-refractivity contribution in [3.05, 3.63) is 94.5 Å². The minimum absolute atomic E-state index is 0.0528. The number of carbonyl (C=O) groups is 1. The molecule has 5 heterocycles. The largest absolute Gasteiger partial charge is 0.453 e. The number of hydrogen-bond acceptors (Lipinski definition) is 8. The van der Waals surface area contributed by atoms with Gasteiger partial charge in [0, 0.05) is 49.3 Å². The predicted octanol–water partition coefficient (Wildman–Crippen LogP) is 4.89. The van der Waals surface area contributed by atoms with Gasteiger partial charge in [-0.2, -0.15) is 14.9 Å². The van der Waals surface area contributed by atoms with Crippen molar-refractivity contribution in [3.63, 3.8) is 0 Å². The van der Waals surface area contributed by atoms with Crippen molar-refractivity contribution >= 4 is 28.4 Å². The van der Waals surface area contributed by atoms with Crippen LogP contribution >= 0.6 is 0 Å². The van der Waals surface area contributed by atoms with Gasteiger partial charge in [-0.1, -0.05) is 0 Å². The SMILES string of the molecule is O=C(Nc1ccc(Oc2ccnc3[nH]nc(N4CCC(N5CCCC5)CC4)c23)c(F)c1)c1ccnn(-c2ccc(F)cc2)c1=O. The van der Waals surface area contributed by atoms with E-state index in [4.69, 9.17) is 4.74 Å². The minimum Gasteiger partial charge on any atom is -0.453 e. The normalized spacial score (nSPS) is 15.9. The molecule has 2 saturated heterocycles. The van der Waals surface area contributed by atoms with Crippen LogP contribution in [0.5, 0.6) is 11.5 Å². The molecule has 2 aromatic carbocycles.